The molecule has 0 N–H and O–H groups in total. The van der Waals surface area contributed by atoms with Crippen LogP contribution in [0.3, 0.4) is 0 Å². The van der Waals surface area contributed by atoms with E-state index in [0.29, 0.717) is 22.3 Å². The average Bonchev–Trinajstić information content (AvgIpc) is 3.08. The van der Waals surface area contributed by atoms with Crippen molar-refractivity contribution in [3.8, 4) is 0 Å². The monoisotopic (exact) mass is 337 g/mol. The van der Waals surface area contributed by atoms with Crippen molar-refractivity contribution in [2.24, 2.45) is 0 Å². The molecule has 0 fully saturated rings. The molecule has 0 bridgehead atoms. The molecule has 0 spiro atoms. The summed E-state index contributed by atoms with van der Waals surface area (Å²) in [6.07, 6.45) is 1.64. The lowest BCUT2D eigenvalue weighted by Crippen LogP contribution is -2.18. The van der Waals surface area contributed by atoms with E-state index in [4.69, 9.17) is 4.98 Å². The van der Waals surface area contributed by atoms with Gasteiger partial charge in [0.15, 0.2) is 16.9 Å². The zero-order valence-corrected chi connectivity index (χ0v) is 13.5. The summed E-state index contributed by atoms with van der Waals surface area (Å²) in [6.45, 7) is 0. The van der Waals surface area contributed by atoms with E-state index < -0.39 is 0 Å². The van der Waals surface area contributed by atoms with Crippen molar-refractivity contribution in [2.45, 2.75) is 0 Å². The minimum atomic E-state index is -0.135. The second-order valence-corrected chi connectivity index (χ2v) is 6.20. The van der Waals surface area contributed by atoms with Gasteiger partial charge < -0.3 is 0 Å². The molecule has 0 atom stereocenters. The number of rotatable bonds is 0. The van der Waals surface area contributed by atoms with Crippen LogP contribution in [-0.4, -0.2) is 23.8 Å². The number of nitrogens with zero attached hydrogens (tertiary/aromatic N) is 5. The molecule has 6 heteroatoms. The lowest BCUT2D eigenvalue weighted by atomic mass is 10.2. The number of benzene rings is 2. The molecule has 0 amide bonds. The van der Waals surface area contributed by atoms with Crippen molar-refractivity contribution < 1.29 is 0 Å². The number of imidazole rings is 1. The van der Waals surface area contributed by atoms with Gasteiger partial charge in [0.05, 0.1) is 27.5 Å². The molecule has 4 heterocycles. The zero-order chi connectivity index (χ0) is 17.3. The molecular weight excluding hydrogens is 326 g/mol. The Morgan fingerprint density at radius 3 is 2.23 bits per heavy atom. The Bertz CT molecular complexity index is 1560. The maximum atomic E-state index is 13.2. The fraction of sp³-hybridized carbons (Fsp3) is 0. The van der Waals surface area contributed by atoms with Gasteiger partial charge in [-0.15, -0.1) is 0 Å². The highest BCUT2D eigenvalue weighted by Crippen LogP contribution is 2.25. The number of pyridine rings is 1. The van der Waals surface area contributed by atoms with Gasteiger partial charge in [-0.25, -0.2) is 15.0 Å². The molecule has 26 heavy (non-hydrogen) atoms. The first-order valence-corrected chi connectivity index (χ1v) is 8.28. The summed E-state index contributed by atoms with van der Waals surface area (Å²) in [5.41, 5.74) is 5.01. The fourth-order valence-electron chi connectivity index (χ4n) is 3.66. The SMILES string of the molecule is O=c1c2cccnc2nc2c3nc4ccccc4n3c3ccccc3n12. The molecule has 0 aliphatic carbocycles. The third kappa shape index (κ3) is 1.56. The number of fused-ring (bicyclic) bond motifs is 9. The first-order valence-electron chi connectivity index (χ1n) is 8.28. The quantitative estimate of drug-likeness (QED) is 0.315. The second-order valence-electron chi connectivity index (χ2n) is 6.20. The van der Waals surface area contributed by atoms with Crippen LogP contribution in [0.25, 0.3) is 44.4 Å². The summed E-state index contributed by atoms with van der Waals surface area (Å²) < 4.78 is 3.70. The van der Waals surface area contributed by atoms with Crippen molar-refractivity contribution >= 4 is 44.4 Å². The Balaban J connectivity index is 2.07. The highest BCUT2D eigenvalue weighted by molar-refractivity contribution is 5.95. The Hall–Kier alpha value is -3.80. The molecule has 0 saturated heterocycles. The molecule has 0 aliphatic heterocycles. The van der Waals surface area contributed by atoms with Crippen molar-refractivity contribution in [3.05, 3.63) is 77.2 Å². The number of aromatic nitrogens is 5. The highest BCUT2D eigenvalue weighted by Gasteiger charge is 2.17. The van der Waals surface area contributed by atoms with Gasteiger partial charge in [-0.2, -0.15) is 0 Å². The van der Waals surface area contributed by atoms with Crippen LogP contribution in [0, 0.1) is 0 Å². The van der Waals surface area contributed by atoms with Crippen LogP contribution in [0.2, 0.25) is 0 Å². The van der Waals surface area contributed by atoms with Crippen LogP contribution >= 0.6 is 0 Å². The van der Waals surface area contributed by atoms with Gasteiger partial charge in [-0.3, -0.25) is 13.6 Å². The van der Waals surface area contributed by atoms with Gasteiger partial charge in [0, 0.05) is 6.20 Å². The van der Waals surface area contributed by atoms with Gasteiger partial charge in [0.1, 0.15) is 0 Å². The van der Waals surface area contributed by atoms with E-state index in [0.717, 1.165) is 22.1 Å². The van der Waals surface area contributed by atoms with E-state index >= 15 is 0 Å². The number of para-hydroxylation sites is 4. The van der Waals surface area contributed by atoms with E-state index in [1.54, 1.807) is 22.7 Å². The van der Waals surface area contributed by atoms with E-state index in [1.165, 1.54) is 0 Å². The Morgan fingerprint density at radius 2 is 1.38 bits per heavy atom. The molecule has 0 unspecified atom stereocenters. The van der Waals surface area contributed by atoms with Crippen molar-refractivity contribution in [2.75, 3.05) is 0 Å². The first kappa shape index (κ1) is 13.5. The third-order valence-corrected chi connectivity index (χ3v) is 4.77. The van der Waals surface area contributed by atoms with E-state index in [9.17, 15) is 4.79 Å². The van der Waals surface area contributed by atoms with Crippen LogP contribution < -0.4 is 5.56 Å². The topological polar surface area (TPSA) is 64.6 Å². The Morgan fingerprint density at radius 1 is 0.692 bits per heavy atom. The molecule has 6 rings (SSSR count). The molecule has 6 nitrogen and oxygen atoms in total. The normalized spacial score (nSPS) is 12.0. The van der Waals surface area contributed by atoms with Gasteiger partial charge in [0.2, 0.25) is 0 Å². The summed E-state index contributed by atoms with van der Waals surface area (Å²) in [5.74, 6) is 0. The van der Waals surface area contributed by atoms with Crippen LogP contribution in [0.15, 0.2) is 71.7 Å². The molecular formula is C20H11N5O. The van der Waals surface area contributed by atoms with Crippen LogP contribution in [0.5, 0.6) is 0 Å². The summed E-state index contributed by atoms with van der Waals surface area (Å²) in [4.78, 5) is 26.9. The predicted molar refractivity (Wildman–Crippen MR) is 101 cm³/mol. The second kappa shape index (κ2) is 4.64. The standard InChI is InChI=1S/C20H11N5O/c26-20-12-6-5-11-21-17(12)23-19-18-22-13-7-1-2-8-14(13)24(18)15-9-3-4-10-16(15)25(19)20/h1-11H. The van der Waals surface area contributed by atoms with E-state index in [2.05, 4.69) is 14.4 Å². The molecule has 0 saturated carbocycles. The molecule has 6 aromatic rings. The smallest absolute Gasteiger partial charge is 0.268 e. The van der Waals surface area contributed by atoms with Crippen molar-refractivity contribution in [1.29, 1.82) is 0 Å². The van der Waals surface area contributed by atoms with E-state index in [1.807, 2.05) is 48.5 Å². The predicted octanol–water partition coefficient (Wildman–Crippen LogP) is 3.20. The third-order valence-electron chi connectivity index (χ3n) is 4.77. The van der Waals surface area contributed by atoms with E-state index in [-0.39, 0.29) is 5.56 Å². The summed E-state index contributed by atoms with van der Waals surface area (Å²) in [5, 5.41) is 0.496. The summed E-state index contributed by atoms with van der Waals surface area (Å²) >= 11 is 0. The van der Waals surface area contributed by atoms with Gasteiger partial charge >= 0.3 is 0 Å². The molecule has 2 aromatic carbocycles. The van der Waals surface area contributed by atoms with Crippen molar-refractivity contribution in [3.63, 3.8) is 0 Å². The Kier molecular flexibility index (Phi) is 2.40. The first-order chi connectivity index (χ1) is 12.8. The molecule has 0 radical (unpaired) electrons. The molecule has 0 aliphatic rings. The minimum absolute atomic E-state index is 0.135. The highest BCUT2D eigenvalue weighted by atomic mass is 16.1. The lowest BCUT2D eigenvalue weighted by Gasteiger charge is -2.10. The van der Waals surface area contributed by atoms with Crippen LogP contribution in [-0.2, 0) is 0 Å². The van der Waals surface area contributed by atoms with Gasteiger partial charge in [0.25, 0.3) is 5.56 Å². The lowest BCUT2D eigenvalue weighted by molar-refractivity contribution is 1.09. The number of hydrogen-bond donors (Lipinski definition) is 0. The molecule has 122 valence electrons. The summed E-state index contributed by atoms with van der Waals surface area (Å²) in [6, 6.07) is 19.2. The average molecular weight is 337 g/mol. The maximum absolute atomic E-state index is 13.2. The van der Waals surface area contributed by atoms with Crippen LogP contribution in [0.1, 0.15) is 0 Å². The largest absolute Gasteiger partial charge is 0.288 e. The number of hydrogen-bond acceptors (Lipinski definition) is 4. The maximum Gasteiger partial charge on any atom is 0.268 e. The summed E-state index contributed by atoms with van der Waals surface area (Å²) in [7, 11) is 0. The minimum Gasteiger partial charge on any atom is -0.288 e. The van der Waals surface area contributed by atoms with Gasteiger partial charge in [-0.05, 0) is 36.4 Å². The Labute approximate surface area is 146 Å². The fourth-order valence-corrected chi connectivity index (χ4v) is 3.66. The van der Waals surface area contributed by atoms with Crippen molar-refractivity contribution in [1.82, 2.24) is 23.8 Å². The van der Waals surface area contributed by atoms with Crippen LogP contribution in [0.4, 0.5) is 0 Å². The van der Waals surface area contributed by atoms with Gasteiger partial charge in [-0.1, -0.05) is 24.3 Å². The molecule has 4 aromatic heterocycles. The zero-order valence-electron chi connectivity index (χ0n) is 13.5.